The van der Waals surface area contributed by atoms with Crippen LogP contribution in [0.1, 0.15) is 38.3 Å². The van der Waals surface area contributed by atoms with Crippen molar-refractivity contribution in [3.63, 3.8) is 0 Å². The SMILES string of the molecule is CCC(C)(C)c1ccc(Oc2ccc(C(F)(F)F)cc2[N+](=O)[O-])c(S(=O)(=O)O)c1. The Balaban J connectivity index is 2.61. The highest BCUT2D eigenvalue weighted by Gasteiger charge is 2.34. The Morgan fingerprint density at radius 3 is 2.10 bits per heavy atom. The molecule has 2 aromatic rings. The number of alkyl halides is 3. The van der Waals surface area contributed by atoms with Crippen molar-refractivity contribution in [3.8, 4) is 11.5 Å². The molecule has 158 valence electrons. The first-order valence-electron chi connectivity index (χ1n) is 8.32. The summed E-state index contributed by atoms with van der Waals surface area (Å²) in [6, 6.07) is 5.46. The molecule has 0 saturated carbocycles. The van der Waals surface area contributed by atoms with Crippen LogP contribution in [-0.4, -0.2) is 17.9 Å². The summed E-state index contributed by atoms with van der Waals surface area (Å²) >= 11 is 0. The first kappa shape index (κ1) is 22.6. The first-order valence-corrected chi connectivity index (χ1v) is 9.76. The predicted molar refractivity (Wildman–Crippen MR) is 97.7 cm³/mol. The fourth-order valence-corrected chi connectivity index (χ4v) is 3.10. The molecule has 11 heteroatoms. The molecule has 0 saturated heterocycles. The fraction of sp³-hybridized carbons (Fsp3) is 0.333. The molecule has 2 rings (SSSR count). The van der Waals surface area contributed by atoms with Gasteiger partial charge in [-0.3, -0.25) is 14.7 Å². The largest absolute Gasteiger partial charge is 0.449 e. The standard InChI is InChI=1S/C18H18F3NO6S/c1-4-17(2,3)11-5-8-15(16(10-11)29(25,26)27)28-14-7-6-12(18(19,20)21)9-13(14)22(23)24/h5-10H,4H2,1-3H3,(H,25,26,27). The van der Waals surface area contributed by atoms with Crippen molar-refractivity contribution in [1.82, 2.24) is 0 Å². The van der Waals surface area contributed by atoms with Gasteiger partial charge in [0.2, 0.25) is 5.75 Å². The van der Waals surface area contributed by atoms with Gasteiger partial charge < -0.3 is 4.74 Å². The van der Waals surface area contributed by atoms with Gasteiger partial charge >= 0.3 is 11.9 Å². The Labute approximate surface area is 165 Å². The van der Waals surface area contributed by atoms with Crippen molar-refractivity contribution in [2.75, 3.05) is 0 Å². The number of hydrogen-bond donors (Lipinski definition) is 1. The second-order valence-corrected chi connectivity index (χ2v) is 8.30. The summed E-state index contributed by atoms with van der Waals surface area (Å²) < 4.78 is 76.9. The van der Waals surface area contributed by atoms with E-state index in [1.165, 1.54) is 18.2 Å². The third-order valence-corrected chi connectivity index (χ3v) is 5.46. The van der Waals surface area contributed by atoms with Crippen LogP contribution in [0.3, 0.4) is 0 Å². The summed E-state index contributed by atoms with van der Waals surface area (Å²) in [5.41, 5.74) is -2.15. The van der Waals surface area contributed by atoms with E-state index in [0.29, 0.717) is 18.1 Å². The van der Waals surface area contributed by atoms with Crippen molar-refractivity contribution in [2.45, 2.75) is 43.7 Å². The van der Waals surface area contributed by atoms with Crippen LogP contribution >= 0.6 is 0 Å². The molecule has 2 aromatic carbocycles. The molecule has 0 spiro atoms. The second kappa shape index (κ2) is 7.64. The number of nitro benzene ring substituents is 1. The Kier molecular flexibility index (Phi) is 5.96. The number of nitro groups is 1. The van der Waals surface area contributed by atoms with Gasteiger partial charge in [-0.05, 0) is 41.7 Å². The highest BCUT2D eigenvalue weighted by Crippen LogP contribution is 2.40. The Morgan fingerprint density at radius 1 is 1.07 bits per heavy atom. The third-order valence-electron chi connectivity index (χ3n) is 4.59. The molecular weight excluding hydrogens is 415 g/mol. The lowest BCUT2D eigenvalue weighted by molar-refractivity contribution is -0.385. The summed E-state index contributed by atoms with van der Waals surface area (Å²) in [6.45, 7) is 5.57. The molecular formula is C18H18F3NO6S. The highest BCUT2D eigenvalue weighted by atomic mass is 32.2. The summed E-state index contributed by atoms with van der Waals surface area (Å²) in [4.78, 5) is 9.46. The Morgan fingerprint density at radius 2 is 1.62 bits per heavy atom. The van der Waals surface area contributed by atoms with Crippen LogP contribution in [0.15, 0.2) is 41.3 Å². The second-order valence-electron chi connectivity index (χ2n) is 6.91. The molecule has 0 bridgehead atoms. The zero-order valence-corrected chi connectivity index (χ0v) is 16.5. The zero-order chi connectivity index (χ0) is 22.2. The number of benzene rings is 2. The molecule has 0 heterocycles. The minimum atomic E-state index is -4.81. The molecule has 0 atom stereocenters. The van der Waals surface area contributed by atoms with Gasteiger partial charge in [-0.1, -0.05) is 26.8 Å². The maximum absolute atomic E-state index is 12.8. The molecule has 0 radical (unpaired) electrons. The summed E-state index contributed by atoms with van der Waals surface area (Å²) in [7, 11) is -4.78. The van der Waals surface area contributed by atoms with Crippen molar-refractivity contribution in [3.05, 3.63) is 57.6 Å². The van der Waals surface area contributed by atoms with Gasteiger partial charge in [-0.15, -0.1) is 0 Å². The van der Waals surface area contributed by atoms with Gasteiger partial charge in [0, 0.05) is 6.07 Å². The Hall–Kier alpha value is -2.66. The van der Waals surface area contributed by atoms with Crippen molar-refractivity contribution in [1.29, 1.82) is 0 Å². The van der Waals surface area contributed by atoms with Crippen LogP contribution in [0, 0.1) is 10.1 Å². The maximum atomic E-state index is 12.8. The molecule has 0 aliphatic heterocycles. The van der Waals surface area contributed by atoms with Gasteiger partial charge in [-0.2, -0.15) is 21.6 Å². The molecule has 29 heavy (non-hydrogen) atoms. The summed E-state index contributed by atoms with van der Waals surface area (Å²) in [5, 5.41) is 11.2. The topological polar surface area (TPSA) is 107 Å². The van der Waals surface area contributed by atoms with Gasteiger partial charge in [0.05, 0.1) is 10.5 Å². The minimum absolute atomic E-state index is 0.289. The number of ether oxygens (including phenoxy) is 1. The van der Waals surface area contributed by atoms with Crippen LogP contribution in [0.5, 0.6) is 11.5 Å². The van der Waals surface area contributed by atoms with Crippen LogP contribution in [-0.2, 0) is 21.7 Å². The average Bonchev–Trinajstić information content (AvgIpc) is 2.60. The highest BCUT2D eigenvalue weighted by molar-refractivity contribution is 7.86. The van der Waals surface area contributed by atoms with E-state index in [9.17, 15) is 36.3 Å². The molecule has 1 N–H and O–H groups in total. The maximum Gasteiger partial charge on any atom is 0.416 e. The molecule has 7 nitrogen and oxygen atoms in total. The summed E-state index contributed by atoms with van der Waals surface area (Å²) in [5.74, 6) is -1.05. The van der Waals surface area contributed by atoms with E-state index in [2.05, 4.69) is 0 Å². The van der Waals surface area contributed by atoms with Crippen molar-refractivity contribution < 1.29 is 35.8 Å². The lowest BCUT2D eigenvalue weighted by Gasteiger charge is -2.24. The third kappa shape index (κ3) is 5.04. The van der Waals surface area contributed by atoms with Gasteiger partial charge in [0.1, 0.15) is 10.6 Å². The van der Waals surface area contributed by atoms with E-state index in [-0.39, 0.29) is 6.07 Å². The molecule has 0 amide bonds. The van der Waals surface area contributed by atoms with Gasteiger partial charge in [-0.25, -0.2) is 0 Å². The average molecular weight is 433 g/mol. The molecule has 0 aromatic heterocycles. The zero-order valence-electron chi connectivity index (χ0n) is 15.6. The lowest BCUT2D eigenvalue weighted by Crippen LogP contribution is -2.16. The number of nitrogens with zero attached hydrogens (tertiary/aromatic N) is 1. The minimum Gasteiger partial charge on any atom is -0.449 e. The lowest BCUT2D eigenvalue weighted by atomic mass is 9.82. The quantitative estimate of drug-likeness (QED) is 0.374. The van der Waals surface area contributed by atoms with E-state index in [0.717, 1.165) is 6.07 Å². The van der Waals surface area contributed by atoms with E-state index >= 15 is 0 Å². The van der Waals surface area contributed by atoms with Gasteiger partial charge in [0.25, 0.3) is 10.1 Å². The summed E-state index contributed by atoms with van der Waals surface area (Å²) in [6.07, 6.45) is -4.17. The fourth-order valence-electron chi connectivity index (χ4n) is 2.46. The number of rotatable bonds is 6. The number of halogens is 3. The number of hydrogen-bond acceptors (Lipinski definition) is 5. The van der Waals surface area contributed by atoms with Gasteiger partial charge in [0.15, 0.2) is 0 Å². The van der Waals surface area contributed by atoms with Crippen LogP contribution in [0.4, 0.5) is 18.9 Å². The van der Waals surface area contributed by atoms with E-state index in [4.69, 9.17) is 4.74 Å². The van der Waals surface area contributed by atoms with Crippen LogP contribution in [0.2, 0.25) is 0 Å². The predicted octanol–water partition coefficient (Wildman–Crippen LogP) is 5.34. The van der Waals surface area contributed by atoms with E-state index in [1.807, 2.05) is 20.8 Å². The first-order chi connectivity index (χ1) is 13.2. The molecule has 0 unspecified atom stereocenters. The van der Waals surface area contributed by atoms with Crippen molar-refractivity contribution >= 4 is 15.8 Å². The van der Waals surface area contributed by atoms with Crippen LogP contribution < -0.4 is 4.74 Å². The van der Waals surface area contributed by atoms with Crippen LogP contribution in [0.25, 0.3) is 0 Å². The van der Waals surface area contributed by atoms with E-state index in [1.54, 1.807) is 0 Å². The molecule has 0 aliphatic carbocycles. The molecule has 0 aliphatic rings. The normalized spacial score (nSPS) is 12.7. The Bertz CT molecular complexity index is 1050. The molecule has 0 fully saturated rings. The smallest absolute Gasteiger partial charge is 0.416 e. The van der Waals surface area contributed by atoms with E-state index < -0.39 is 54.3 Å². The van der Waals surface area contributed by atoms with Crippen molar-refractivity contribution in [2.24, 2.45) is 0 Å². The monoisotopic (exact) mass is 433 g/mol.